The molecular formula is C17H22F3N3O6. The standard InChI is InChI=1S/C15H21N3O4.C2HF3O2/c1-10-4-5-12(22-10)14(20)18-8-15(9-18)7-17(3)11(6-21-15)13(19)16-2;3-2(4,5)1(6)7/h4-5,11H,6-9H2,1-3H3,(H,16,19);(H,6,7). The minimum Gasteiger partial charge on any atom is -0.475 e. The molecule has 29 heavy (non-hydrogen) atoms. The molecule has 12 heteroatoms. The number of carboxylic acid groups (broad SMARTS) is 1. The van der Waals surface area contributed by atoms with E-state index in [1.165, 1.54) is 0 Å². The third-order valence-electron chi connectivity index (χ3n) is 4.60. The van der Waals surface area contributed by atoms with Gasteiger partial charge in [-0.05, 0) is 26.1 Å². The first kappa shape index (κ1) is 22.7. The first-order valence-electron chi connectivity index (χ1n) is 8.60. The van der Waals surface area contributed by atoms with Gasteiger partial charge >= 0.3 is 12.1 Å². The fourth-order valence-electron chi connectivity index (χ4n) is 3.13. The van der Waals surface area contributed by atoms with Gasteiger partial charge in [0.1, 0.15) is 17.4 Å². The van der Waals surface area contributed by atoms with Gasteiger partial charge in [-0.3, -0.25) is 14.5 Å². The topological polar surface area (TPSA) is 112 Å². The Labute approximate surface area is 164 Å². The second kappa shape index (κ2) is 8.41. The Balaban J connectivity index is 0.000000370. The second-order valence-electron chi connectivity index (χ2n) is 6.91. The van der Waals surface area contributed by atoms with Crippen LogP contribution in [-0.2, 0) is 14.3 Å². The number of hydrogen-bond acceptors (Lipinski definition) is 6. The van der Waals surface area contributed by atoms with E-state index in [1.807, 2.05) is 18.9 Å². The first-order chi connectivity index (χ1) is 13.4. The van der Waals surface area contributed by atoms with Crippen molar-refractivity contribution in [2.45, 2.75) is 24.7 Å². The summed E-state index contributed by atoms with van der Waals surface area (Å²) in [5.41, 5.74) is -0.365. The van der Waals surface area contributed by atoms with E-state index < -0.39 is 12.1 Å². The maximum Gasteiger partial charge on any atom is 0.490 e. The van der Waals surface area contributed by atoms with Gasteiger partial charge in [0.05, 0.1) is 19.7 Å². The molecule has 162 valence electrons. The van der Waals surface area contributed by atoms with Gasteiger partial charge in [-0.2, -0.15) is 13.2 Å². The highest BCUT2D eigenvalue weighted by atomic mass is 19.4. The summed E-state index contributed by atoms with van der Waals surface area (Å²) in [6, 6.07) is 3.20. The molecule has 9 nitrogen and oxygen atoms in total. The van der Waals surface area contributed by atoms with Crippen molar-refractivity contribution in [3.05, 3.63) is 23.7 Å². The number of aliphatic carboxylic acids is 1. The number of carbonyl (C=O) groups excluding carboxylic acids is 2. The minimum absolute atomic E-state index is 0.0457. The Morgan fingerprint density at radius 3 is 2.24 bits per heavy atom. The third kappa shape index (κ3) is 5.26. The van der Waals surface area contributed by atoms with Crippen molar-refractivity contribution in [1.29, 1.82) is 0 Å². The quantitative estimate of drug-likeness (QED) is 0.715. The molecule has 0 bridgehead atoms. The van der Waals surface area contributed by atoms with E-state index in [0.29, 0.717) is 32.0 Å². The van der Waals surface area contributed by atoms with E-state index in [4.69, 9.17) is 19.1 Å². The van der Waals surface area contributed by atoms with Gasteiger partial charge < -0.3 is 24.5 Å². The Morgan fingerprint density at radius 1 is 1.24 bits per heavy atom. The molecule has 1 spiro atoms. The fraction of sp³-hybridized carbons (Fsp3) is 0.588. The van der Waals surface area contributed by atoms with Crippen molar-refractivity contribution in [3.8, 4) is 0 Å². The van der Waals surface area contributed by atoms with Crippen LogP contribution in [0, 0.1) is 6.92 Å². The number of carbonyl (C=O) groups is 3. The number of likely N-dealkylation sites (N-methyl/N-ethyl adjacent to an activating group) is 2. The van der Waals surface area contributed by atoms with Crippen molar-refractivity contribution in [3.63, 3.8) is 0 Å². The van der Waals surface area contributed by atoms with Crippen molar-refractivity contribution >= 4 is 17.8 Å². The van der Waals surface area contributed by atoms with E-state index in [1.54, 1.807) is 24.1 Å². The number of furan rings is 1. The number of aryl methyl sites for hydroxylation is 1. The Kier molecular flexibility index (Phi) is 6.58. The number of carboxylic acids is 1. The number of nitrogens with one attached hydrogen (secondary N) is 1. The lowest BCUT2D eigenvalue weighted by Crippen LogP contribution is -2.73. The van der Waals surface area contributed by atoms with Gasteiger partial charge in [0, 0.05) is 13.6 Å². The van der Waals surface area contributed by atoms with E-state index in [-0.39, 0.29) is 23.5 Å². The van der Waals surface area contributed by atoms with Crippen molar-refractivity contribution in [1.82, 2.24) is 15.1 Å². The van der Waals surface area contributed by atoms with Gasteiger partial charge in [-0.25, -0.2) is 4.79 Å². The lowest BCUT2D eigenvalue weighted by atomic mass is 9.90. The Morgan fingerprint density at radius 2 is 1.83 bits per heavy atom. The number of halogens is 3. The number of ether oxygens (including phenoxy) is 1. The average molecular weight is 421 g/mol. The average Bonchev–Trinajstić information content (AvgIpc) is 3.04. The highest BCUT2D eigenvalue weighted by molar-refractivity contribution is 5.92. The molecule has 2 amide bonds. The molecule has 1 unspecified atom stereocenters. The third-order valence-corrected chi connectivity index (χ3v) is 4.60. The molecule has 0 radical (unpaired) electrons. The Bertz CT molecular complexity index is 773. The molecule has 0 aromatic carbocycles. The summed E-state index contributed by atoms with van der Waals surface area (Å²) in [6.45, 7) is 3.84. The predicted octanol–water partition coefficient (Wildman–Crippen LogP) is 0.493. The van der Waals surface area contributed by atoms with Crippen LogP contribution in [-0.4, -0.2) is 90.8 Å². The highest BCUT2D eigenvalue weighted by Crippen LogP contribution is 2.31. The molecule has 2 aliphatic rings. The van der Waals surface area contributed by atoms with Gasteiger partial charge in [-0.15, -0.1) is 0 Å². The maximum absolute atomic E-state index is 12.3. The highest BCUT2D eigenvalue weighted by Gasteiger charge is 2.51. The van der Waals surface area contributed by atoms with Crippen LogP contribution in [0.4, 0.5) is 13.2 Å². The lowest BCUT2D eigenvalue weighted by molar-refractivity contribution is -0.192. The molecule has 0 saturated carbocycles. The first-order valence-corrected chi connectivity index (χ1v) is 8.60. The van der Waals surface area contributed by atoms with E-state index in [0.717, 1.165) is 5.76 Å². The minimum atomic E-state index is -5.08. The molecule has 2 aliphatic heterocycles. The predicted molar refractivity (Wildman–Crippen MR) is 92.2 cm³/mol. The number of hydrogen-bond donors (Lipinski definition) is 2. The maximum atomic E-state index is 12.3. The van der Waals surface area contributed by atoms with Crippen molar-refractivity contribution in [2.75, 3.05) is 40.3 Å². The SMILES string of the molecule is CNC(=O)C1COC2(CN(C(=O)c3ccc(C)o3)C2)CN1C.O=C(O)C(F)(F)F. The van der Waals surface area contributed by atoms with Crippen molar-refractivity contribution in [2.24, 2.45) is 0 Å². The van der Waals surface area contributed by atoms with Crippen LogP contribution in [0.1, 0.15) is 16.3 Å². The molecule has 3 heterocycles. The molecule has 2 N–H and O–H groups in total. The summed E-state index contributed by atoms with van der Waals surface area (Å²) < 4.78 is 43.0. The second-order valence-corrected chi connectivity index (χ2v) is 6.91. The fourth-order valence-corrected chi connectivity index (χ4v) is 3.13. The number of morpholine rings is 1. The smallest absolute Gasteiger partial charge is 0.475 e. The number of rotatable bonds is 2. The van der Waals surface area contributed by atoms with Crippen LogP contribution in [0.2, 0.25) is 0 Å². The summed E-state index contributed by atoms with van der Waals surface area (Å²) in [5, 5.41) is 9.77. The molecule has 1 aromatic heterocycles. The number of amides is 2. The Hall–Kier alpha value is -2.60. The molecule has 0 aliphatic carbocycles. The van der Waals surface area contributed by atoms with Gasteiger partial charge in [0.25, 0.3) is 5.91 Å². The van der Waals surface area contributed by atoms with Crippen LogP contribution < -0.4 is 5.32 Å². The van der Waals surface area contributed by atoms with Crippen molar-refractivity contribution < 1.29 is 41.8 Å². The molecule has 2 saturated heterocycles. The summed E-state index contributed by atoms with van der Waals surface area (Å²) in [5.74, 6) is -1.83. The summed E-state index contributed by atoms with van der Waals surface area (Å²) in [4.78, 5) is 36.6. The zero-order chi connectivity index (χ0) is 22.0. The number of alkyl halides is 3. The largest absolute Gasteiger partial charge is 0.490 e. The van der Waals surface area contributed by atoms with E-state index in [2.05, 4.69) is 5.32 Å². The molecule has 1 atom stereocenters. The number of likely N-dealkylation sites (tertiary alicyclic amines) is 1. The summed E-state index contributed by atoms with van der Waals surface area (Å²) in [6.07, 6.45) is -5.08. The molecule has 1 aromatic rings. The normalized spacial score (nSPS) is 21.0. The molecule has 3 rings (SSSR count). The van der Waals surface area contributed by atoms with Crippen LogP contribution in [0.3, 0.4) is 0 Å². The molecular weight excluding hydrogens is 399 g/mol. The van der Waals surface area contributed by atoms with Gasteiger partial charge in [0.2, 0.25) is 5.91 Å². The lowest BCUT2D eigenvalue weighted by Gasteiger charge is -2.54. The number of nitrogens with zero attached hydrogens (tertiary/aromatic N) is 2. The van der Waals surface area contributed by atoms with E-state index >= 15 is 0 Å². The van der Waals surface area contributed by atoms with Crippen LogP contribution in [0.15, 0.2) is 16.5 Å². The van der Waals surface area contributed by atoms with Crippen LogP contribution >= 0.6 is 0 Å². The van der Waals surface area contributed by atoms with Gasteiger partial charge in [-0.1, -0.05) is 0 Å². The zero-order valence-electron chi connectivity index (χ0n) is 16.1. The van der Waals surface area contributed by atoms with Crippen LogP contribution in [0.5, 0.6) is 0 Å². The molecule has 2 fully saturated rings. The monoisotopic (exact) mass is 421 g/mol. The van der Waals surface area contributed by atoms with Gasteiger partial charge in [0.15, 0.2) is 5.76 Å². The summed E-state index contributed by atoms with van der Waals surface area (Å²) >= 11 is 0. The zero-order valence-corrected chi connectivity index (χ0v) is 16.1. The van der Waals surface area contributed by atoms with Crippen LogP contribution in [0.25, 0.3) is 0 Å². The van der Waals surface area contributed by atoms with E-state index in [9.17, 15) is 22.8 Å². The summed E-state index contributed by atoms with van der Waals surface area (Å²) in [7, 11) is 3.53.